The summed E-state index contributed by atoms with van der Waals surface area (Å²) in [5.41, 5.74) is 2.43. The summed E-state index contributed by atoms with van der Waals surface area (Å²) in [6, 6.07) is 9.29. The molecule has 4 rings (SSSR count). The third-order valence-electron chi connectivity index (χ3n) is 5.67. The van der Waals surface area contributed by atoms with Gasteiger partial charge < -0.3 is 24.5 Å². The Labute approximate surface area is 187 Å². The van der Waals surface area contributed by atoms with Gasteiger partial charge in [-0.15, -0.1) is 0 Å². The topological polar surface area (TPSA) is 95.6 Å². The van der Waals surface area contributed by atoms with Gasteiger partial charge in [-0.3, -0.25) is 9.69 Å². The number of hydrogen-bond acceptors (Lipinski definition) is 5. The Hall–Kier alpha value is -3.33. The minimum atomic E-state index is -0.0875. The molecule has 3 heterocycles. The number of amides is 3. The van der Waals surface area contributed by atoms with E-state index in [2.05, 4.69) is 20.1 Å². The molecule has 1 aliphatic rings. The van der Waals surface area contributed by atoms with Gasteiger partial charge in [-0.25, -0.2) is 9.78 Å². The fourth-order valence-corrected chi connectivity index (χ4v) is 3.87. The molecule has 1 fully saturated rings. The number of imidazole rings is 1. The van der Waals surface area contributed by atoms with Crippen molar-refractivity contribution in [3.8, 4) is 0 Å². The minimum Gasteiger partial charge on any atom is -0.467 e. The fourth-order valence-electron chi connectivity index (χ4n) is 3.87. The molecule has 0 radical (unpaired) electrons. The molecule has 3 aromatic rings. The molecule has 9 heteroatoms. The molecule has 3 amide bonds. The number of carbonyl (C=O) groups is 2. The maximum absolute atomic E-state index is 12.4. The second kappa shape index (κ2) is 9.44. The van der Waals surface area contributed by atoms with Crippen molar-refractivity contribution in [2.45, 2.75) is 33.0 Å². The molecule has 2 N–H and O–H groups in total. The average molecular weight is 439 g/mol. The number of urea groups is 1. The van der Waals surface area contributed by atoms with Crippen LogP contribution in [0, 0.1) is 0 Å². The number of aryl methyl sites for hydroxylation is 1. The summed E-state index contributed by atoms with van der Waals surface area (Å²) in [5, 5.41) is 5.81. The molecule has 1 aromatic carbocycles. The summed E-state index contributed by atoms with van der Waals surface area (Å²) in [6.45, 7) is 7.85. The number of carbonyl (C=O) groups excluding carboxylic acids is 2. The third kappa shape index (κ3) is 4.94. The maximum Gasteiger partial charge on any atom is 0.317 e. The highest BCUT2D eigenvalue weighted by atomic mass is 16.3. The first kappa shape index (κ1) is 21.9. The zero-order valence-corrected chi connectivity index (χ0v) is 18.8. The zero-order valence-electron chi connectivity index (χ0n) is 18.8. The first-order valence-corrected chi connectivity index (χ1v) is 10.9. The van der Waals surface area contributed by atoms with Gasteiger partial charge in [-0.1, -0.05) is 0 Å². The highest BCUT2D eigenvalue weighted by molar-refractivity contribution is 5.97. The molecule has 0 spiro atoms. The van der Waals surface area contributed by atoms with Crippen LogP contribution >= 0.6 is 0 Å². The van der Waals surface area contributed by atoms with E-state index in [9.17, 15) is 9.59 Å². The van der Waals surface area contributed by atoms with Crippen molar-refractivity contribution >= 4 is 23.0 Å². The number of aromatic nitrogens is 2. The summed E-state index contributed by atoms with van der Waals surface area (Å²) in [6.07, 6.45) is 1.60. The summed E-state index contributed by atoms with van der Waals surface area (Å²) in [4.78, 5) is 33.6. The molecular weight excluding hydrogens is 408 g/mol. The van der Waals surface area contributed by atoms with Crippen molar-refractivity contribution in [2.24, 2.45) is 7.05 Å². The van der Waals surface area contributed by atoms with E-state index in [-0.39, 0.29) is 18.0 Å². The quantitative estimate of drug-likeness (QED) is 0.616. The number of benzene rings is 1. The number of furan rings is 1. The highest BCUT2D eigenvalue weighted by Crippen LogP contribution is 2.19. The van der Waals surface area contributed by atoms with Crippen LogP contribution in [0.3, 0.4) is 0 Å². The summed E-state index contributed by atoms with van der Waals surface area (Å²) in [7, 11) is 2.00. The molecule has 32 heavy (non-hydrogen) atoms. The lowest BCUT2D eigenvalue weighted by molar-refractivity contribution is 0.0943. The molecule has 0 bridgehead atoms. The molecule has 1 saturated heterocycles. The predicted octanol–water partition coefficient (Wildman–Crippen LogP) is 2.33. The normalized spacial score (nSPS) is 14.8. The monoisotopic (exact) mass is 438 g/mol. The number of rotatable bonds is 6. The van der Waals surface area contributed by atoms with Crippen LogP contribution < -0.4 is 10.6 Å². The number of hydrogen-bond donors (Lipinski definition) is 2. The van der Waals surface area contributed by atoms with Crippen LogP contribution in [0.25, 0.3) is 11.0 Å². The zero-order chi connectivity index (χ0) is 22.7. The minimum absolute atomic E-state index is 0.0732. The van der Waals surface area contributed by atoms with Gasteiger partial charge in [0.2, 0.25) is 0 Å². The Morgan fingerprint density at radius 3 is 2.62 bits per heavy atom. The van der Waals surface area contributed by atoms with Crippen LogP contribution in [-0.4, -0.2) is 63.5 Å². The lowest BCUT2D eigenvalue weighted by Crippen LogP contribution is -2.51. The first-order chi connectivity index (χ1) is 15.4. The standard InChI is InChI=1S/C23H30N6O3/c1-16(2)25-22(30)17-6-7-20-19(13-17)26-21(27(20)3)15-28-8-10-29(11-9-28)23(31)24-14-18-5-4-12-32-18/h4-7,12-13,16H,8-11,14-15H2,1-3H3,(H,24,31)(H,25,30). The van der Waals surface area contributed by atoms with Crippen molar-refractivity contribution in [1.29, 1.82) is 0 Å². The molecule has 0 atom stereocenters. The van der Waals surface area contributed by atoms with Gasteiger partial charge in [-0.2, -0.15) is 0 Å². The molecular formula is C23H30N6O3. The first-order valence-electron chi connectivity index (χ1n) is 10.9. The van der Waals surface area contributed by atoms with Crippen molar-refractivity contribution in [1.82, 2.24) is 30.0 Å². The second-order valence-corrected chi connectivity index (χ2v) is 8.42. The maximum atomic E-state index is 12.4. The summed E-state index contributed by atoms with van der Waals surface area (Å²) >= 11 is 0. The van der Waals surface area contributed by atoms with Crippen LogP contribution in [0.4, 0.5) is 4.79 Å². The van der Waals surface area contributed by atoms with E-state index in [4.69, 9.17) is 9.40 Å². The highest BCUT2D eigenvalue weighted by Gasteiger charge is 2.22. The fraction of sp³-hybridized carbons (Fsp3) is 0.435. The van der Waals surface area contributed by atoms with Gasteiger partial charge in [0.25, 0.3) is 5.91 Å². The Bertz CT molecular complexity index is 1080. The van der Waals surface area contributed by atoms with E-state index >= 15 is 0 Å². The SMILES string of the molecule is CC(C)NC(=O)c1ccc2c(c1)nc(CN1CCN(C(=O)NCc3ccco3)CC1)n2C. The summed E-state index contributed by atoms with van der Waals surface area (Å²) < 4.78 is 7.33. The second-order valence-electron chi connectivity index (χ2n) is 8.42. The Kier molecular flexibility index (Phi) is 6.45. The van der Waals surface area contributed by atoms with E-state index in [1.54, 1.807) is 6.26 Å². The smallest absolute Gasteiger partial charge is 0.317 e. The molecule has 0 unspecified atom stereocenters. The van der Waals surface area contributed by atoms with Crippen molar-refractivity contribution in [3.05, 3.63) is 53.7 Å². The summed E-state index contributed by atoms with van der Waals surface area (Å²) in [5.74, 6) is 1.59. The van der Waals surface area contributed by atoms with E-state index < -0.39 is 0 Å². The van der Waals surface area contributed by atoms with Crippen LogP contribution in [-0.2, 0) is 20.1 Å². The number of nitrogens with zero attached hydrogens (tertiary/aromatic N) is 4. The van der Waals surface area contributed by atoms with E-state index in [1.165, 1.54) is 0 Å². The molecule has 170 valence electrons. The van der Waals surface area contributed by atoms with Gasteiger partial charge in [0.1, 0.15) is 11.6 Å². The van der Waals surface area contributed by atoms with Crippen LogP contribution in [0.5, 0.6) is 0 Å². The van der Waals surface area contributed by atoms with E-state index in [0.29, 0.717) is 31.7 Å². The van der Waals surface area contributed by atoms with Crippen LogP contribution in [0.1, 0.15) is 35.8 Å². The molecule has 0 aliphatic carbocycles. The van der Waals surface area contributed by atoms with Gasteiger partial charge in [0.15, 0.2) is 0 Å². The third-order valence-corrected chi connectivity index (χ3v) is 5.67. The number of nitrogens with one attached hydrogen (secondary N) is 2. The molecule has 0 saturated carbocycles. The Morgan fingerprint density at radius 2 is 1.94 bits per heavy atom. The lowest BCUT2D eigenvalue weighted by Gasteiger charge is -2.34. The Balaban J connectivity index is 1.34. The van der Waals surface area contributed by atoms with Gasteiger partial charge in [0.05, 0.1) is 30.4 Å². The van der Waals surface area contributed by atoms with Crippen LogP contribution in [0.15, 0.2) is 41.0 Å². The lowest BCUT2D eigenvalue weighted by atomic mass is 10.2. The number of piperazine rings is 1. The van der Waals surface area contributed by atoms with Crippen LogP contribution in [0.2, 0.25) is 0 Å². The van der Waals surface area contributed by atoms with Crippen molar-refractivity contribution in [3.63, 3.8) is 0 Å². The van der Waals surface area contributed by atoms with Crippen molar-refractivity contribution < 1.29 is 14.0 Å². The largest absolute Gasteiger partial charge is 0.467 e. The van der Waals surface area contributed by atoms with Crippen molar-refractivity contribution in [2.75, 3.05) is 26.2 Å². The van der Waals surface area contributed by atoms with Gasteiger partial charge in [-0.05, 0) is 44.2 Å². The predicted molar refractivity (Wildman–Crippen MR) is 121 cm³/mol. The average Bonchev–Trinajstić information content (AvgIpc) is 3.40. The van der Waals surface area contributed by atoms with E-state index in [0.717, 1.165) is 35.7 Å². The molecule has 9 nitrogen and oxygen atoms in total. The van der Waals surface area contributed by atoms with Gasteiger partial charge in [0, 0.05) is 44.8 Å². The molecule has 1 aliphatic heterocycles. The molecule has 2 aromatic heterocycles. The van der Waals surface area contributed by atoms with E-state index in [1.807, 2.05) is 56.1 Å². The Morgan fingerprint density at radius 1 is 1.16 bits per heavy atom. The number of fused-ring (bicyclic) bond motifs is 1. The van der Waals surface area contributed by atoms with Gasteiger partial charge >= 0.3 is 6.03 Å².